The first-order valence-corrected chi connectivity index (χ1v) is 10.1. The molecule has 0 N–H and O–H groups in total. The van der Waals surface area contributed by atoms with Crippen molar-refractivity contribution in [3.8, 4) is 0 Å². The van der Waals surface area contributed by atoms with Crippen LogP contribution in [-0.2, 0) is 0 Å². The molecule has 0 saturated carbocycles. The van der Waals surface area contributed by atoms with Crippen molar-refractivity contribution in [3.05, 3.63) is 0 Å². The molecule has 1 rings (SSSR count). The Balaban J connectivity index is 3.67. The van der Waals surface area contributed by atoms with Crippen molar-refractivity contribution in [1.29, 1.82) is 0 Å². The van der Waals surface area contributed by atoms with Crippen LogP contribution in [0.4, 0.5) is 0 Å². The van der Waals surface area contributed by atoms with Crippen LogP contribution < -0.4 is 0 Å². The molecule has 0 aromatic carbocycles. The molecule has 1 fully saturated rings. The van der Waals surface area contributed by atoms with E-state index in [4.69, 9.17) is 0 Å². The number of likely N-dealkylation sites (N-methyl/N-ethyl adjacent to an activating group) is 2. The summed E-state index contributed by atoms with van der Waals surface area (Å²) in [5.41, 5.74) is 0.912. The molecule has 132 valence electrons. The summed E-state index contributed by atoms with van der Waals surface area (Å²) >= 11 is 0. The van der Waals surface area contributed by atoms with Gasteiger partial charge in [-0.05, 0) is 51.6 Å². The SMILES string of the molecule is CCCC1(CC)N(CC)C(CC)(CC)C(CC)(CC)N1CC. The van der Waals surface area contributed by atoms with Gasteiger partial charge >= 0.3 is 0 Å². The van der Waals surface area contributed by atoms with E-state index in [0.29, 0.717) is 11.1 Å². The van der Waals surface area contributed by atoms with E-state index < -0.39 is 0 Å². The van der Waals surface area contributed by atoms with Crippen LogP contribution in [-0.4, -0.2) is 39.6 Å². The van der Waals surface area contributed by atoms with Crippen LogP contribution in [0.25, 0.3) is 0 Å². The zero-order valence-corrected chi connectivity index (χ0v) is 16.8. The van der Waals surface area contributed by atoms with E-state index in [-0.39, 0.29) is 5.66 Å². The van der Waals surface area contributed by atoms with Crippen LogP contribution in [0, 0.1) is 0 Å². The lowest BCUT2D eigenvalue weighted by atomic mass is 9.69. The second-order valence-corrected chi connectivity index (χ2v) is 7.05. The number of nitrogens with zero attached hydrogens (tertiary/aromatic N) is 2. The van der Waals surface area contributed by atoms with Gasteiger partial charge in [0.2, 0.25) is 0 Å². The quantitative estimate of drug-likeness (QED) is 0.541. The van der Waals surface area contributed by atoms with Crippen LogP contribution in [0.5, 0.6) is 0 Å². The summed E-state index contributed by atoms with van der Waals surface area (Å²) in [6.07, 6.45) is 8.87. The van der Waals surface area contributed by atoms with Crippen molar-refractivity contribution in [2.45, 2.75) is 117 Å². The molecule has 0 radical (unpaired) electrons. The highest BCUT2D eigenvalue weighted by Crippen LogP contribution is 2.57. The van der Waals surface area contributed by atoms with Gasteiger partial charge in [-0.1, -0.05) is 61.8 Å². The molecule has 1 aliphatic heterocycles. The summed E-state index contributed by atoms with van der Waals surface area (Å²) < 4.78 is 0. The van der Waals surface area contributed by atoms with Gasteiger partial charge in [-0.15, -0.1) is 0 Å². The average molecular weight is 311 g/mol. The van der Waals surface area contributed by atoms with Crippen molar-refractivity contribution in [2.24, 2.45) is 0 Å². The third-order valence-corrected chi connectivity index (χ3v) is 7.09. The monoisotopic (exact) mass is 310 g/mol. The molecule has 22 heavy (non-hydrogen) atoms. The Labute approximate surface area is 140 Å². The average Bonchev–Trinajstić information content (AvgIpc) is 2.77. The molecule has 0 unspecified atom stereocenters. The van der Waals surface area contributed by atoms with Gasteiger partial charge in [-0.2, -0.15) is 0 Å². The second kappa shape index (κ2) is 7.66. The molecular weight excluding hydrogens is 268 g/mol. The molecule has 1 heterocycles. The minimum atomic E-state index is 0.260. The summed E-state index contributed by atoms with van der Waals surface area (Å²) in [5.74, 6) is 0. The molecule has 0 aromatic heterocycles. The van der Waals surface area contributed by atoms with Gasteiger partial charge in [0, 0.05) is 11.1 Å². The Kier molecular flexibility index (Phi) is 6.95. The number of rotatable bonds is 9. The topological polar surface area (TPSA) is 6.48 Å². The molecule has 0 aliphatic carbocycles. The molecular formula is C20H42N2. The van der Waals surface area contributed by atoms with E-state index in [9.17, 15) is 0 Å². The van der Waals surface area contributed by atoms with E-state index in [1.54, 1.807) is 0 Å². The van der Waals surface area contributed by atoms with Gasteiger partial charge in [0.25, 0.3) is 0 Å². The lowest BCUT2D eigenvalue weighted by Crippen LogP contribution is -2.60. The van der Waals surface area contributed by atoms with Crippen LogP contribution >= 0.6 is 0 Å². The van der Waals surface area contributed by atoms with E-state index >= 15 is 0 Å². The highest BCUT2D eigenvalue weighted by Gasteiger charge is 2.67. The van der Waals surface area contributed by atoms with Gasteiger partial charge in [-0.3, -0.25) is 9.80 Å². The van der Waals surface area contributed by atoms with Crippen LogP contribution in [0.15, 0.2) is 0 Å². The Morgan fingerprint density at radius 3 is 1.09 bits per heavy atom. The predicted molar refractivity (Wildman–Crippen MR) is 99.3 cm³/mol. The standard InChI is InChI=1S/C20H42N2/c1-9-17-20(14-6)21(15-7)18(10-2,11-3)19(12-4,13-5)22(20)16-8/h9-17H2,1-8H3. The van der Waals surface area contributed by atoms with Crippen molar-refractivity contribution in [3.63, 3.8) is 0 Å². The van der Waals surface area contributed by atoms with E-state index in [1.165, 1.54) is 58.0 Å². The summed E-state index contributed by atoms with van der Waals surface area (Å²) in [7, 11) is 0. The third kappa shape index (κ3) is 2.28. The Bertz CT molecular complexity index is 303. The molecule has 0 spiro atoms. The first-order chi connectivity index (χ1) is 10.5. The zero-order valence-electron chi connectivity index (χ0n) is 16.8. The fourth-order valence-corrected chi connectivity index (χ4v) is 6.45. The Morgan fingerprint density at radius 2 is 0.909 bits per heavy atom. The lowest BCUT2D eigenvalue weighted by molar-refractivity contribution is -0.0324. The van der Waals surface area contributed by atoms with Crippen LogP contribution in [0.1, 0.15) is 100 Å². The minimum Gasteiger partial charge on any atom is -0.278 e. The van der Waals surface area contributed by atoms with Crippen LogP contribution in [0.2, 0.25) is 0 Å². The second-order valence-electron chi connectivity index (χ2n) is 7.05. The summed E-state index contributed by atoms with van der Waals surface area (Å²) in [6.45, 7) is 21.6. The summed E-state index contributed by atoms with van der Waals surface area (Å²) in [6, 6.07) is 0. The summed E-state index contributed by atoms with van der Waals surface area (Å²) in [4.78, 5) is 5.86. The first-order valence-electron chi connectivity index (χ1n) is 10.1. The maximum Gasteiger partial charge on any atom is 0.0745 e. The highest BCUT2D eigenvalue weighted by atomic mass is 15.5. The van der Waals surface area contributed by atoms with Gasteiger partial charge in [0.15, 0.2) is 0 Å². The third-order valence-electron chi connectivity index (χ3n) is 7.09. The maximum absolute atomic E-state index is 2.93. The van der Waals surface area contributed by atoms with Gasteiger partial charge < -0.3 is 0 Å². The molecule has 0 atom stereocenters. The summed E-state index contributed by atoms with van der Waals surface area (Å²) in [5, 5.41) is 0. The van der Waals surface area contributed by atoms with E-state index in [2.05, 4.69) is 65.2 Å². The fourth-order valence-electron chi connectivity index (χ4n) is 6.45. The Morgan fingerprint density at radius 1 is 0.545 bits per heavy atom. The van der Waals surface area contributed by atoms with Gasteiger partial charge in [0.05, 0.1) is 5.66 Å². The van der Waals surface area contributed by atoms with Gasteiger partial charge in [-0.25, -0.2) is 0 Å². The number of hydrogen-bond donors (Lipinski definition) is 0. The van der Waals surface area contributed by atoms with Crippen LogP contribution in [0.3, 0.4) is 0 Å². The lowest BCUT2D eigenvalue weighted by Gasteiger charge is -2.50. The smallest absolute Gasteiger partial charge is 0.0745 e. The molecule has 0 amide bonds. The molecule has 1 saturated heterocycles. The van der Waals surface area contributed by atoms with Crippen molar-refractivity contribution in [1.82, 2.24) is 9.80 Å². The predicted octanol–water partition coefficient (Wildman–Crippen LogP) is 5.67. The largest absolute Gasteiger partial charge is 0.278 e. The number of hydrogen-bond acceptors (Lipinski definition) is 2. The Hall–Kier alpha value is -0.0800. The normalized spacial score (nSPS) is 24.0. The molecule has 2 nitrogen and oxygen atoms in total. The van der Waals surface area contributed by atoms with Crippen molar-refractivity contribution < 1.29 is 0 Å². The highest BCUT2D eigenvalue weighted by molar-refractivity contribution is 5.21. The molecule has 1 aliphatic rings. The molecule has 2 heteroatoms. The fraction of sp³-hybridized carbons (Fsp3) is 1.00. The first kappa shape index (κ1) is 20.0. The molecule has 0 aromatic rings. The van der Waals surface area contributed by atoms with Crippen molar-refractivity contribution in [2.75, 3.05) is 13.1 Å². The van der Waals surface area contributed by atoms with Crippen molar-refractivity contribution >= 4 is 0 Å². The van der Waals surface area contributed by atoms with E-state index in [1.807, 2.05) is 0 Å². The minimum absolute atomic E-state index is 0.260. The maximum atomic E-state index is 2.93. The van der Waals surface area contributed by atoms with E-state index in [0.717, 1.165) is 0 Å². The molecule has 0 bridgehead atoms. The van der Waals surface area contributed by atoms with Gasteiger partial charge in [0.1, 0.15) is 0 Å². The zero-order chi connectivity index (χ0) is 17.0.